The second kappa shape index (κ2) is 7.89. The van der Waals surface area contributed by atoms with Crippen molar-refractivity contribution in [3.05, 3.63) is 17.5 Å². The number of piperidine rings is 1. The molecular weight excluding hydrogens is 338 g/mol. The molecule has 0 spiro atoms. The molecule has 7 nitrogen and oxygen atoms in total. The Morgan fingerprint density at radius 1 is 1.35 bits per heavy atom. The minimum absolute atomic E-state index is 0.152. The Bertz CT molecular complexity index is 643. The first kappa shape index (κ1) is 17.9. The lowest BCUT2D eigenvalue weighted by Crippen LogP contribution is -2.46. The maximum absolute atomic E-state index is 12.7. The molecule has 2 rings (SSSR count). The van der Waals surface area contributed by atoms with E-state index in [2.05, 4.69) is 10.6 Å². The summed E-state index contributed by atoms with van der Waals surface area (Å²) in [7, 11) is -2.09. The van der Waals surface area contributed by atoms with Crippen LogP contribution in [0.3, 0.4) is 0 Å². The second-order valence-corrected chi connectivity index (χ2v) is 8.39. The summed E-state index contributed by atoms with van der Waals surface area (Å²) in [5, 5.41) is 6.51. The van der Waals surface area contributed by atoms with E-state index in [4.69, 9.17) is 0 Å². The largest absolute Gasteiger partial charge is 0.351 e. The Balaban J connectivity index is 1.99. The van der Waals surface area contributed by atoms with Crippen LogP contribution in [0.4, 0.5) is 0 Å². The fourth-order valence-electron chi connectivity index (χ4n) is 2.65. The van der Waals surface area contributed by atoms with Crippen molar-refractivity contribution in [1.82, 2.24) is 14.9 Å². The van der Waals surface area contributed by atoms with Gasteiger partial charge in [-0.05, 0) is 30.7 Å². The van der Waals surface area contributed by atoms with Gasteiger partial charge in [-0.25, -0.2) is 8.42 Å². The quantitative estimate of drug-likeness (QED) is 0.750. The summed E-state index contributed by atoms with van der Waals surface area (Å²) in [6, 6.07) is 3.18. The van der Waals surface area contributed by atoms with Crippen LogP contribution in [-0.2, 0) is 19.6 Å². The van der Waals surface area contributed by atoms with Gasteiger partial charge in [0.05, 0.1) is 0 Å². The predicted octanol–water partition coefficient (Wildman–Crippen LogP) is 0.544. The molecule has 0 aliphatic carbocycles. The number of likely N-dealkylation sites (N-methyl/N-ethyl adjacent to an activating group) is 1. The molecule has 0 bridgehead atoms. The monoisotopic (exact) mass is 359 g/mol. The zero-order chi connectivity index (χ0) is 16.9. The van der Waals surface area contributed by atoms with Gasteiger partial charge in [-0.2, -0.15) is 4.31 Å². The third kappa shape index (κ3) is 4.30. The highest BCUT2D eigenvalue weighted by Crippen LogP contribution is 2.28. The first-order valence-electron chi connectivity index (χ1n) is 7.52. The lowest BCUT2D eigenvalue weighted by Gasteiger charge is -2.34. The summed E-state index contributed by atoms with van der Waals surface area (Å²) >= 11 is 1.21. The molecule has 23 heavy (non-hydrogen) atoms. The van der Waals surface area contributed by atoms with Crippen molar-refractivity contribution in [1.29, 1.82) is 0 Å². The van der Waals surface area contributed by atoms with Crippen LogP contribution in [0, 0.1) is 0 Å². The van der Waals surface area contributed by atoms with Crippen LogP contribution in [-0.4, -0.2) is 50.7 Å². The number of hydrogen-bond donors (Lipinski definition) is 2. The molecule has 128 valence electrons. The summed E-state index contributed by atoms with van der Waals surface area (Å²) in [5.41, 5.74) is 0. The molecule has 1 saturated heterocycles. The van der Waals surface area contributed by atoms with Crippen molar-refractivity contribution in [2.24, 2.45) is 0 Å². The molecule has 2 amide bonds. The zero-order valence-corrected chi connectivity index (χ0v) is 14.6. The number of sulfonamides is 1. The molecule has 9 heteroatoms. The first-order valence-corrected chi connectivity index (χ1v) is 9.84. The number of rotatable bonds is 5. The Labute approximate surface area is 140 Å². The highest BCUT2D eigenvalue weighted by molar-refractivity contribution is 7.91. The number of thiophene rings is 1. The van der Waals surface area contributed by atoms with Gasteiger partial charge in [0.25, 0.3) is 10.0 Å². The van der Waals surface area contributed by atoms with Crippen LogP contribution in [0.15, 0.2) is 21.7 Å². The summed E-state index contributed by atoms with van der Waals surface area (Å²) < 4.78 is 27.3. The molecule has 2 N–H and O–H groups in total. The van der Waals surface area contributed by atoms with Gasteiger partial charge in [0.2, 0.25) is 0 Å². The topological polar surface area (TPSA) is 95.6 Å². The van der Waals surface area contributed by atoms with Gasteiger partial charge in [0.1, 0.15) is 4.21 Å². The van der Waals surface area contributed by atoms with E-state index in [0.717, 1.165) is 19.3 Å². The van der Waals surface area contributed by atoms with Gasteiger partial charge in [0.15, 0.2) is 0 Å². The number of hydrogen-bond acceptors (Lipinski definition) is 5. The van der Waals surface area contributed by atoms with Crippen molar-refractivity contribution in [2.45, 2.75) is 35.9 Å². The molecule has 0 radical (unpaired) electrons. The number of amides is 2. The van der Waals surface area contributed by atoms with E-state index in [-0.39, 0.29) is 12.6 Å². The van der Waals surface area contributed by atoms with Crippen LogP contribution >= 0.6 is 11.3 Å². The highest BCUT2D eigenvalue weighted by Gasteiger charge is 2.33. The van der Waals surface area contributed by atoms with Crippen LogP contribution < -0.4 is 10.6 Å². The van der Waals surface area contributed by atoms with Gasteiger partial charge in [-0.3, -0.25) is 9.59 Å². The highest BCUT2D eigenvalue weighted by atomic mass is 32.2. The lowest BCUT2D eigenvalue weighted by molar-refractivity contribution is -0.138. The number of carbonyl (C=O) groups excluding carboxylic acids is 2. The Morgan fingerprint density at radius 3 is 2.78 bits per heavy atom. The van der Waals surface area contributed by atoms with Gasteiger partial charge >= 0.3 is 11.8 Å². The molecule has 0 aromatic carbocycles. The molecule has 1 atom stereocenters. The van der Waals surface area contributed by atoms with Crippen molar-refractivity contribution in [2.75, 3.05) is 20.1 Å². The van der Waals surface area contributed by atoms with E-state index in [9.17, 15) is 18.0 Å². The Hall–Kier alpha value is -1.45. The van der Waals surface area contributed by atoms with Gasteiger partial charge < -0.3 is 10.6 Å². The smallest absolute Gasteiger partial charge is 0.309 e. The summed E-state index contributed by atoms with van der Waals surface area (Å²) in [6.45, 7) is 0.766. The van der Waals surface area contributed by atoms with Crippen molar-refractivity contribution >= 4 is 33.2 Å². The predicted molar refractivity (Wildman–Crippen MR) is 87.5 cm³/mol. The number of nitrogens with one attached hydrogen (secondary N) is 2. The number of carbonyl (C=O) groups is 2. The van der Waals surface area contributed by atoms with E-state index in [1.54, 1.807) is 17.5 Å². The SMILES string of the molecule is CNC(=O)C(=O)NCC[C@@H]1CCCCN1S(=O)(=O)c1cccs1. The minimum atomic E-state index is -3.48. The third-order valence-corrected chi connectivity index (χ3v) is 7.15. The van der Waals surface area contributed by atoms with E-state index < -0.39 is 21.8 Å². The van der Waals surface area contributed by atoms with Crippen molar-refractivity contribution in [3.63, 3.8) is 0 Å². The van der Waals surface area contributed by atoms with E-state index in [1.165, 1.54) is 22.7 Å². The summed E-state index contributed by atoms with van der Waals surface area (Å²) in [6.07, 6.45) is 3.06. The normalized spacial score (nSPS) is 19.3. The van der Waals surface area contributed by atoms with E-state index in [1.807, 2.05) is 0 Å². The first-order chi connectivity index (χ1) is 11.0. The maximum Gasteiger partial charge on any atom is 0.309 e. The molecule has 1 aromatic heterocycles. The maximum atomic E-state index is 12.7. The Morgan fingerprint density at radius 2 is 2.13 bits per heavy atom. The second-order valence-electron chi connectivity index (χ2n) is 5.32. The van der Waals surface area contributed by atoms with Crippen LogP contribution in [0.1, 0.15) is 25.7 Å². The van der Waals surface area contributed by atoms with E-state index in [0.29, 0.717) is 17.2 Å². The molecule has 0 unspecified atom stereocenters. The molecule has 1 aliphatic rings. The lowest BCUT2D eigenvalue weighted by atomic mass is 10.0. The standard InChI is InChI=1S/C14H21N3O4S2/c1-15-13(18)14(19)16-8-7-11-5-2-3-9-17(11)23(20,21)12-6-4-10-22-12/h4,6,10-11H,2-3,5,7-9H2,1H3,(H,15,18)(H,16,19)/t11-/m0/s1. The van der Waals surface area contributed by atoms with Crippen LogP contribution in [0.5, 0.6) is 0 Å². The fourth-order valence-corrected chi connectivity index (χ4v) is 5.49. The number of nitrogens with zero attached hydrogens (tertiary/aromatic N) is 1. The van der Waals surface area contributed by atoms with Gasteiger partial charge in [-0.1, -0.05) is 12.5 Å². The molecule has 1 aliphatic heterocycles. The molecule has 0 saturated carbocycles. The van der Waals surface area contributed by atoms with E-state index >= 15 is 0 Å². The minimum Gasteiger partial charge on any atom is -0.351 e. The fraction of sp³-hybridized carbons (Fsp3) is 0.571. The molecule has 2 heterocycles. The summed E-state index contributed by atoms with van der Waals surface area (Å²) in [5.74, 6) is -1.40. The Kier molecular flexibility index (Phi) is 6.14. The third-order valence-electron chi connectivity index (χ3n) is 3.83. The van der Waals surface area contributed by atoms with Crippen molar-refractivity contribution < 1.29 is 18.0 Å². The molecular formula is C14H21N3O4S2. The van der Waals surface area contributed by atoms with Gasteiger partial charge in [0, 0.05) is 26.2 Å². The molecule has 1 aromatic rings. The summed E-state index contributed by atoms with van der Waals surface area (Å²) in [4.78, 5) is 22.6. The zero-order valence-electron chi connectivity index (χ0n) is 12.9. The molecule has 1 fully saturated rings. The van der Waals surface area contributed by atoms with Crippen LogP contribution in [0.25, 0.3) is 0 Å². The van der Waals surface area contributed by atoms with Crippen LogP contribution in [0.2, 0.25) is 0 Å². The average Bonchev–Trinajstić information content (AvgIpc) is 3.09. The van der Waals surface area contributed by atoms with Crippen molar-refractivity contribution in [3.8, 4) is 0 Å². The van der Waals surface area contributed by atoms with Gasteiger partial charge in [-0.15, -0.1) is 11.3 Å². The average molecular weight is 359 g/mol.